The Morgan fingerprint density at radius 3 is 2.30 bits per heavy atom. The maximum absolute atomic E-state index is 13.0. The van der Waals surface area contributed by atoms with Crippen LogP contribution in [0.3, 0.4) is 0 Å². The molecule has 3 N–H and O–H groups in total. The van der Waals surface area contributed by atoms with Gasteiger partial charge in [0, 0.05) is 17.8 Å². The van der Waals surface area contributed by atoms with Gasteiger partial charge in [0.2, 0.25) is 0 Å². The number of amides is 1. The van der Waals surface area contributed by atoms with Crippen LogP contribution < -0.4 is 10.9 Å². The monoisotopic (exact) mass is 378 g/mol. The topological polar surface area (TPSA) is 109 Å². The second kappa shape index (κ2) is 8.59. The number of pyridine rings is 1. The van der Waals surface area contributed by atoms with E-state index in [9.17, 15) is 24.6 Å². The van der Waals surface area contributed by atoms with E-state index in [0.717, 1.165) is 25.7 Å². The van der Waals surface area contributed by atoms with Crippen LogP contribution in [-0.2, 0) is 11.3 Å². The Balaban J connectivity index is 2.42. The first-order chi connectivity index (χ1) is 12.6. The third-order valence-corrected chi connectivity index (χ3v) is 5.61. The summed E-state index contributed by atoms with van der Waals surface area (Å²) in [5.41, 5.74) is 0.164. The molecule has 0 saturated heterocycles. The van der Waals surface area contributed by atoms with Crippen molar-refractivity contribution in [2.24, 2.45) is 11.8 Å². The number of carbonyl (C=O) groups is 2. The lowest BCUT2D eigenvalue weighted by atomic mass is 9.89. The lowest BCUT2D eigenvalue weighted by Gasteiger charge is -2.25. The fourth-order valence-electron chi connectivity index (χ4n) is 3.73. The van der Waals surface area contributed by atoms with Crippen molar-refractivity contribution in [1.82, 2.24) is 9.88 Å². The number of carbonyl (C=O) groups excluding carboxylic acids is 1. The molecular weight excluding hydrogens is 348 g/mol. The molecule has 0 bridgehead atoms. The molecule has 1 aliphatic rings. The molecule has 7 nitrogen and oxygen atoms in total. The highest BCUT2D eigenvalue weighted by molar-refractivity contribution is 5.99. The Morgan fingerprint density at radius 1 is 1.19 bits per heavy atom. The first-order valence-electron chi connectivity index (χ1n) is 9.61. The third kappa shape index (κ3) is 4.51. The molecular formula is C20H30N2O5. The van der Waals surface area contributed by atoms with Crippen molar-refractivity contribution in [3.05, 3.63) is 27.2 Å². The molecule has 1 fully saturated rings. The van der Waals surface area contributed by atoms with Crippen molar-refractivity contribution in [3.63, 3.8) is 0 Å². The lowest BCUT2D eigenvalue weighted by molar-refractivity contribution is -0.140. The van der Waals surface area contributed by atoms with Gasteiger partial charge in [0.15, 0.2) is 0 Å². The van der Waals surface area contributed by atoms with Gasteiger partial charge < -0.3 is 20.1 Å². The van der Waals surface area contributed by atoms with Gasteiger partial charge in [0.05, 0.1) is 0 Å². The summed E-state index contributed by atoms with van der Waals surface area (Å²) in [4.78, 5) is 37.0. The van der Waals surface area contributed by atoms with Crippen molar-refractivity contribution >= 4 is 11.9 Å². The molecule has 0 aliphatic heterocycles. The van der Waals surface area contributed by atoms with E-state index in [-0.39, 0.29) is 17.2 Å². The van der Waals surface area contributed by atoms with Crippen LogP contribution in [0.1, 0.15) is 67.6 Å². The van der Waals surface area contributed by atoms with Crippen LogP contribution in [0.4, 0.5) is 0 Å². The van der Waals surface area contributed by atoms with E-state index in [1.54, 1.807) is 32.3 Å². The van der Waals surface area contributed by atoms with Gasteiger partial charge in [0.25, 0.3) is 11.5 Å². The molecule has 1 heterocycles. The highest BCUT2D eigenvalue weighted by Gasteiger charge is 2.29. The third-order valence-electron chi connectivity index (χ3n) is 5.61. The summed E-state index contributed by atoms with van der Waals surface area (Å²) in [6.45, 7) is 7.27. The van der Waals surface area contributed by atoms with Gasteiger partial charge in [-0.1, -0.05) is 33.1 Å². The average Bonchev–Trinajstić information content (AvgIpc) is 2.62. The van der Waals surface area contributed by atoms with Crippen molar-refractivity contribution < 1.29 is 19.8 Å². The SMILES string of the molecule is Cc1c(O)c(C(=O)N[C@H](C(=O)O)C(C)C)c(=O)n(CC2CCCCC2)c1C. The summed E-state index contributed by atoms with van der Waals surface area (Å²) >= 11 is 0. The minimum atomic E-state index is -1.18. The standard InChI is InChI=1S/C20H30N2O5/c1-11(2)16(20(26)27)21-18(24)15-17(23)12(3)13(4)22(19(15)25)10-14-8-6-5-7-9-14/h11,14,16,23H,5-10H2,1-4H3,(H,21,24)(H,26,27)/t16-/m0/s1. The average molecular weight is 378 g/mol. The maximum atomic E-state index is 13.0. The molecule has 7 heteroatoms. The van der Waals surface area contributed by atoms with Crippen LogP contribution in [-0.4, -0.2) is 32.7 Å². The van der Waals surface area contributed by atoms with E-state index in [4.69, 9.17) is 0 Å². The van der Waals surface area contributed by atoms with Crippen LogP contribution in [0.5, 0.6) is 5.75 Å². The van der Waals surface area contributed by atoms with Gasteiger partial charge in [-0.15, -0.1) is 0 Å². The highest BCUT2D eigenvalue weighted by atomic mass is 16.4. The molecule has 150 valence electrons. The summed E-state index contributed by atoms with van der Waals surface area (Å²) in [6.07, 6.45) is 5.57. The number of hydrogen-bond acceptors (Lipinski definition) is 4. The van der Waals surface area contributed by atoms with Crippen LogP contribution >= 0.6 is 0 Å². The first-order valence-corrected chi connectivity index (χ1v) is 9.61. The number of aromatic nitrogens is 1. The number of aromatic hydroxyl groups is 1. The molecule has 1 amide bonds. The molecule has 27 heavy (non-hydrogen) atoms. The van der Waals surface area contributed by atoms with Crippen molar-refractivity contribution in [2.45, 2.75) is 72.4 Å². The Kier molecular flexibility index (Phi) is 6.68. The zero-order chi connectivity index (χ0) is 20.3. The van der Waals surface area contributed by atoms with Crippen molar-refractivity contribution in [2.75, 3.05) is 0 Å². The Labute approximate surface area is 159 Å². The van der Waals surface area contributed by atoms with Gasteiger partial charge in [-0.25, -0.2) is 4.79 Å². The lowest BCUT2D eigenvalue weighted by Crippen LogP contribution is -2.46. The summed E-state index contributed by atoms with van der Waals surface area (Å²) in [5, 5.41) is 22.1. The molecule has 1 saturated carbocycles. The van der Waals surface area contributed by atoms with Crippen LogP contribution in [0.25, 0.3) is 0 Å². The molecule has 0 unspecified atom stereocenters. The van der Waals surface area contributed by atoms with E-state index in [0.29, 0.717) is 23.7 Å². The summed E-state index contributed by atoms with van der Waals surface area (Å²) < 4.78 is 1.56. The molecule has 1 atom stereocenters. The largest absolute Gasteiger partial charge is 0.507 e. The smallest absolute Gasteiger partial charge is 0.326 e. The summed E-state index contributed by atoms with van der Waals surface area (Å²) in [5.74, 6) is -2.38. The van der Waals surface area contributed by atoms with Gasteiger partial charge in [0.1, 0.15) is 17.4 Å². The second-order valence-corrected chi connectivity index (χ2v) is 7.89. The summed E-state index contributed by atoms with van der Waals surface area (Å²) in [6, 6.07) is -1.13. The van der Waals surface area contributed by atoms with Gasteiger partial charge in [-0.3, -0.25) is 9.59 Å². The quantitative estimate of drug-likeness (QED) is 0.705. The van der Waals surface area contributed by atoms with Gasteiger partial charge >= 0.3 is 5.97 Å². The summed E-state index contributed by atoms with van der Waals surface area (Å²) in [7, 11) is 0. The predicted molar refractivity (Wildman–Crippen MR) is 102 cm³/mol. The molecule has 1 aromatic rings. The zero-order valence-electron chi connectivity index (χ0n) is 16.5. The zero-order valence-corrected chi connectivity index (χ0v) is 16.5. The molecule has 2 rings (SSSR count). The Bertz CT molecular complexity index is 776. The predicted octanol–water partition coefficient (Wildman–Crippen LogP) is 2.59. The number of carboxylic acids is 1. The first kappa shape index (κ1) is 21.0. The second-order valence-electron chi connectivity index (χ2n) is 7.89. The van der Waals surface area contributed by atoms with E-state index in [2.05, 4.69) is 5.32 Å². The number of nitrogens with zero attached hydrogens (tertiary/aromatic N) is 1. The normalized spacial score (nSPS) is 16.3. The number of nitrogens with one attached hydrogen (secondary N) is 1. The molecule has 0 aromatic carbocycles. The van der Waals surface area contributed by atoms with E-state index < -0.39 is 23.5 Å². The van der Waals surface area contributed by atoms with Crippen molar-refractivity contribution in [3.8, 4) is 5.75 Å². The minimum absolute atomic E-state index is 0.357. The molecule has 1 aliphatic carbocycles. The van der Waals surface area contributed by atoms with Gasteiger partial charge in [-0.05, 0) is 38.5 Å². The van der Waals surface area contributed by atoms with Crippen LogP contribution in [0, 0.1) is 25.7 Å². The number of carboxylic acid groups (broad SMARTS) is 1. The maximum Gasteiger partial charge on any atom is 0.326 e. The van der Waals surface area contributed by atoms with Crippen LogP contribution in [0.15, 0.2) is 4.79 Å². The minimum Gasteiger partial charge on any atom is -0.507 e. The van der Waals surface area contributed by atoms with E-state index >= 15 is 0 Å². The molecule has 0 spiro atoms. The van der Waals surface area contributed by atoms with Gasteiger partial charge in [-0.2, -0.15) is 0 Å². The van der Waals surface area contributed by atoms with E-state index in [1.807, 2.05) is 0 Å². The fraction of sp³-hybridized carbons (Fsp3) is 0.650. The highest BCUT2D eigenvalue weighted by Crippen LogP contribution is 2.27. The Morgan fingerprint density at radius 2 is 1.78 bits per heavy atom. The van der Waals surface area contributed by atoms with Crippen LogP contribution in [0.2, 0.25) is 0 Å². The number of rotatable bonds is 6. The Hall–Kier alpha value is -2.31. The molecule has 1 aromatic heterocycles. The number of hydrogen-bond donors (Lipinski definition) is 3. The number of aliphatic carboxylic acids is 1. The van der Waals surface area contributed by atoms with Crippen molar-refractivity contribution in [1.29, 1.82) is 0 Å². The molecule has 0 radical (unpaired) electrons. The fourth-order valence-corrected chi connectivity index (χ4v) is 3.73. The van der Waals surface area contributed by atoms with E-state index in [1.165, 1.54) is 6.42 Å².